The molecule has 1 aliphatic rings. The van der Waals surface area contributed by atoms with Crippen molar-refractivity contribution in [1.29, 1.82) is 0 Å². The van der Waals surface area contributed by atoms with Crippen LogP contribution in [0.3, 0.4) is 0 Å². The van der Waals surface area contributed by atoms with Gasteiger partial charge in [0.1, 0.15) is 0 Å². The van der Waals surface area contributed by atoms with Crippen LogP contribution in [0, 0.1) is 3.57 Å². The Labute approximate surface area is 186 Å². The third-order valence-corrected chi connectivity index (χ3v) is 4.85. The third-order valence-electron chi connectivity index (χ3n) is 4.05. The van der Waals surface area contributed by atoms with E-state index in [-0.39, 0.29) is 11.6 Å². The molecule has 0 N–H and O–H groups in total. The number of rotatable bonds is 6. The molecule has 0 unspecified atom stereocenters. The lowest BCUT2D eigenvalue weighted by atomic mass is 10.1. The van der Waals surface area contributed by atoms with Crippen molar-refractivity contribution in [2.75, 3.05) is 21.3 Å². The number of hydrogen-bond acceptors (Lipinski definition) is 8. The minimum absolute atomic E-state index is 0.123. The molecule has 9 heteroatoms. The van der Waals surface area contributed by atoms with Crippen LogP contribution in [0.4, 0.5) is 0 Å². The van der Waals surface area contributed by atoms with E-state index < -0.39 is 11.9 Å². The van der Waals surface area contributed by atoms with Crippen molar-refractivity contribution in [3.05, 3.63) is 50.7 Å². The van der Waals surface area contributed by atoms with Crippen LogP contribution >= 0.6 is 22.6 Å². The Hall–Kier alpha value is -3.08. The number of hydrogen-bond donors (Lipinski definition) is 0. The van der Waals surface area contributed by atoms with Gasteiger partial charge in [-0.1, -0.05) is 0 Å². The fraction of sp³-hybridized carbons (Fsp3) is 0.190. The lowest BCUT2D eigenvalue weighted by Crippen LogP contribution is -2.06. The molecule has 1 aliphatic heterocycles. The summed E-state index contributed by atoms with van der Waals surface area (Å²) < 4.78 is 26.9. The normalized spacial score (nSPS) is 14.2. The first-order valence-corrected chi connectivity index (χ1v) is 9.75. The summed E-state index contributed by atoms with van der Waals surface area (Å²) in [6.45, 7) is 1.31. The Morgan fingerprint density at radius 1 is 1.03 bits per heavy atom. The van der Waals surface area contributed by atoms with E-state index in [0.29, 0.717) is 37.7 Å². The van der Waals surface area contributed by atoms with Crippen LogP contribution in [-0.4, -0.2) is 39.2 Å². The van der Waals surface area contributed by atoms with E-state index in [4.69, 9.17) is 23.7 Å². The predicted octanol–water partition coefficient (Wildman–Crippen LogP) is 3.59. The fourth-order valence-electron chi connectivity index (χ4n) is 2.73. The number of carbonyl (C=O) groups is 2. The zero-order valence-electron chi connectivity index (χ0n) is 16.6. The van der Waals surface area contributed by atoms with Crippen molar-refractivity contribution >= 4 is 46.5 Å². The highest BCUT2D eigenvalue weighted by Crippen LogP contribution is 2.35. The smallest absolute Gasteiger partial charge is 0.363 e. The highest BCUT2D eigenvalue weighted by Gasteiger charge is 2.25. The van der Waals surface area contributed by atoms with E-state index in [2.05, 4.69) is 4.99 Å². The number of carbonyl (C=O) groups excluding carboxylic acids is 2. The Balaban J connectivity index is 1.96. The lowest BCUT2D eigenvalue weighted by Gasteiger charge is -2.11. The highest BCUT2D eigenvalue weighted by atomic mass is 127. The van der Waals surface area contributed by atoms with Crippen molar-refractivity contribution in [1.82, 2.24) is 0 Å². The Kier molecular flexibility index (Phi) is 6.60. The molecule has 30 heavy (non-hydrogen) atoms. The van der Waals surface area contributed by atoms with E-state index in [1.54, 1.807) is 36.4 Å². The molecule has 3 rings (SSSR count). The van der Waals surface area contributed by atoms with E-state index in [1.807, 2.05) is 22.6 Å². The predicted molar refractivity (Wildman–Crippen MR) is 117 cm³/mol. The monoisotopic (exact) mass is 523 g/mol. The van der Waals surface area contributed by atoms with Gasteiger partial charge in [0.2, 0.25) is 5.90 Å². The van der Waals surface area contributed by atoms with Crippen LogP contribution in [0.1, 0.15) is 18.1 Å². The summed E-state index contributed by atoms with van der Waals surface area (Å²) in [4.78, 5) is 27.9. The topological polar surface area (TPSA) is 92.7 Å². The van der Waals surface area contributed by atoms with Crippen LogP contribution in [0.25, 0.3) is 6.08 Å². The van der Waals surface area contributed by atoms with E-state index in [1.165, 1.54) is 28.3 Å². The maximum atomic E-state index is 12.3. The minimum Gasteiger partial charge on any atom is -0.493 e. The summed E-state index contributed by atoms with van der Waals surface area (Å²) in [5.41, 5.74) is 1.33. The van der Waals surface area contributed by atoms with Gasteiger partial charge in [0.25, 0.3) is 0 Å². The molecule has 0 bridgehead atoms. The van der Waals surface area contributed by atoms with Gasteiger partial charge in [0.05, 0.1) is 24.9 Å². The van der Waals surface area contributed by atoms with Crippen LogP contribution in [0.5, 0.6) is 23.0 Å². The number of halogens is 1. The third kappa shape index (κ3) is 4.56. The first-order chi connectivity index (χ1) is 14.4. The molecule has 8 nitrogen and oxygen atoms in total. The van der Waals surface area contributed by atoms with Gasteiger partial charge in [-0.3, -0.25) is 4.79 Å². The minimum atomic E-state index is -0.585. The van der Waals surface area contributed by atoms with Crippen molar-refractivity contribution in [3.8, 4) is 23.0 Å². The summed E-state index contributed by atoms with van der Waals surface area (Å²) in [7, 11) is 4.52. The van der Waals surface area contributed by atoms with E-state index in [9.17, 15) is 9.59 Å². The molecule has 0 radical (unpaired) electrons. The van der Waals surface area contributed by atoms with Gasteiger partial charge in [0.15, 0.2) is 28.7 Å². The quantitative estimate of drug-likeness (QED) is 0.247. The second-order valence-corrected chi connectivity index (χ2v) is 7.20. The number of ether oxygens (including phenoxy) is 5. The molecule has 0 saturated heterocycles. The van der Waals surface area contributed by atoms with Gasteiger partial charge in [-0.05, 0) is 64.6 Å². The number of cyclic esters (lactones) is 1. The lowest BCUT2D eigenvalue weighted by molar-refractivity contribution is -0.132. The molecule has 0 aromatic heterocycles. The Bertz CT molecular complexity index is 1080. The molecule has 0 spiro atoms. The van der Waals surface area contributed by atoms with Gasteiger partial charge in [-0.2, -0.15) is 0 Å². The van der Waals surface area contributed by atoms with E-state index in [0.717, 1.165) is 0 Å². The van der Waals surface area contributed by atoms with E-state index >= 15 is 0 Å². The average molecular weight is 523 g/mol. The maximum absolute atomic E-state index is 12.3. The van der Waals surface area contributed by atoms with Gasteiger partial charge in [-0.15, -0.1) is 0 Å². The summed E-state index contributed by atoms with van der Waals surface area (Å²) in [6, 6.07) is 8.48. The Morgan fingerprint density at radius 3 is 2.37 bits per heavy atom. The van der Waals surface area contributed by atoms with Gasteiger partial charge >= 0.3 is 11.9 Å². The fourth-order valence-corrected chi connectivity index (χ4v) is 3.46. The molecule has 156 valence electrons. The molecule has 0 saturated carbocycles. The molecule has 0 aliphatic carbocycles. The zero-order chi connectivity index (χ0) is 21.8. The molecule has 0 atom stereocenters. The largest absolute Gasteiger partial charge is 0.493 e. The summed E-state index contributed by atoms with van der Waals surface area (Å²) in [6.07, 6.45) is 1.57. The number of benzene rings is 2. The molecule has 2 aromatic carbocycles. The molecular weight excluding hydrogens is 505 g/mol. The summed E-state index contributed by atoms with van der Waals surface area (Å²) in [5, 5.41) is 0. The zero-order valence-corrected chi connectivity index (χ0v) is 18.8. The molecule has 0 amide bonds. The van der Waals surface area contributed by atoms with Crippen molar-refractivity contribution in [2.24, 2.45) is 4.99 Å². The van der Waals surface area contributed by atoms with Crippen molar-refractivity contribution < 1.29 is 33.3 Å². The van der Waals surface area contributed by atoms with Crippen LogP contribution in [-0.2, 0) is 14.3 Å². The summed E-state index contributed by atoms with van der Waals surface area (Å²) in [5.74, 6) is 0.836. The van der Waals surface area contributed by atoms with Crippen LogP contribution < -0.4 is 18.9 Å². The Morgan fingerprint density at radius 2 is 1.73 bits per heavy atom. The van der Waals surface area contributed by atoms with Crippen LogP contribution in [0.15, 0.2) is 41.0 Å². The average Bonchev–Trinajstić information content (AvgIpc) is 3.09. The molecular formula is C21H18INO7. The SMILES string of the molecule is COc1ccc(C2=N/C(=C\c3cc(I)c(OC(C)=O)c(OC)c3)C(=O)O2)cc1OC. The first-order valence-electron chi connectivity index (χ1n) is 8.67. The standard InChI is InChI=1S/C21H18INO7/c1-11(24)29-19-14(22)7-12(9-18(19)28-4)8-15-21(25)30-20(23-15)13-5-6-16(26-2)17(10-13)27-3/h5-10H,1-4H3/b15-8-. The second kappa shape index (κ2) is 9.16. The van der Waals surface area contributed by atoms with Gasteiger partial charge in [-0.25, -0.2) is 9.79 Å². The molecule has 1 heterocycles. The van der Waals surface area contributed by atoms with Gasteiger partial charge in [0, 0.05) is 12.5 Å². The summed E-state index contributed by atoms with van der Waals surface area (Å²) >= 11 is 2.02. The molecule has 0 fully saturated rings. The number of nitrogens with zero attached hydrogens (tertiary/aromatic N) is 1. The van der Waals surface area contributed by atoms with Crippen molar-refractivity contribution in [3.63, 3.8) is 0 Å². The van der Waals surface area contributed by atoms with Gasteiger partial charge < -0.3 is 23.7 Å². The number of esters is 2. The van der Waals surface area contributed by atoms with Crippen molar-refractivity contribution in [2.45, 2.75) is 6.92 Å². The van der Waals surface area contributed by atoms with Crippen LogP contribution in [0.2, 0.25) is 0 Å². The first kappa shape index (κ1) is 21.6. The number of methoxy groups -OCH3 is 3. The number of aliphatic imine (C=N–C) groups is 1. The highest BCUT2D eigenvalue weighted by molar-refractivity contribution is 14.1. The second-order valence-electron chi connectivity index (χ2n) is 6.03. The maximum Gasteiger partial charge on any atom is 0.363 e. The molecule has 2 aromatic rings.